The number of nitrogens with zero attached hydrogens (tertiary/aromatic N) is 2. The van der Waals surface area contributed by atoms with Crippen molar-refractivity contribution in [2.45, 2.75) is 6.61 Å². The van der Waals surface area contributed by atoms with Crippen LogP contribution in [0.4, 0.5) is 5.69 Å². The molecule has 5 heteroatoms. The SMILES string of the molecule is N#Cc1cc([N+](=O)[O-])ccc1CO. The molecule has 0 bridgehead atoms. The Kier molecular flexibility index (Phi) is 2.57. The molecular formula is C8H6N2O3. The lowest BCUT2D eigenvalue weighted by Crippen LogP contribution is -1.93. The average molecular weight is 178 g/mol. The number of benzene rings is 1. The fourth-order valence-electron chi connectivity index (χ4n) is 0.920. The van der Waals surface area contributed by atoms with Gasteiger partial charge < -0.3 is 5.11 Å². The van der Waals surface area contributed by atoms with Crippen molar-refractivity contribution in [1.29, 1.82) is 5.26 Å². The van der Waals surface area contributed by atoms with Crippen LogP contribution >= 0.6 is 0 Å². The van der Waals surface area contributed by atoms with E-state index in [-0.39, 0.29) is 17.9 Å². The zero-order valence-electron chi connectivity index (χ0n) is 6.60. The predicted octanol–water partition coefficient (Wildman–Crippen LogP) is 0.959. The van der Waals surface area contributed by atoms with Crippen molar-refractivity contribution in [1.82, 2.24) is 0 Å². The van der Waals surface area contributed by atoms with Crippen LogP contribution in [0.3, 0.4) is 0 Å². The van der Waals surface area contributed by atoms with Crippen LogP contribution in [0, 0.1) is 21.4 Å². The molecule has 0 unspecified atom stereocenters. The summed E-state index contributed by atoms with van der Waals surface area (Å²) in [7, 11) is 0. The Balaban J connectivity index is 3.23. The van der Waals surface area contributed by atoms with Gasteiger partial charge in [-0.1, -0.05) is 0 Å². The number of nitriles is 1. The van der Waals surface area contributed by atoms with E-state index in [0.717, 1.165) is 6.07 Å². The van der Waals surface area contributed by atoms with Gasteiger partial charge in [0.2, 0.25) is 0 Å². The van der Waals surface area contributed by atoms with Gasteiger partial charge >= 0.3 is 0 Å². The van der Waals surface area contributed by atoms with Gasteiger partial charge in [0.05, 0.1) is 23.2 Å². The molecule has 0 saturated carbocycles. The minimum Gasteiger partial charge on any atom is -0.392 e. The molecule has 0 aliphatic heterocycles. The zero-order valence-corrected chi connectivity index (χ0v) is 6.60. The summed E-state index contributed by atoms with van der Waals surface area (Å²) in [5, 5.41) is 27.6. The number of hydrogen-bond donors (Lipinski definition) is 1. The molecule has 1 aromatic carbocycles. The third kappa shape index (κ3) is 1.80. The first-order valence-corrected chi connectivity index (χ1v) is 3.47. The summed E-state index contributed by atoms with van der Waals surface area (Å²) >= 11 is 0. The van der Waals surface area contributed by atoms with E-state index >= 15 is 0 Å². The molecule has 0 atom stereocenters. The van der Waals surface area contributed by atoms with Gasteiger partial charge in [-0.25, -0.2) is 0 Å². The number of nitro groups is 1. The number of aliphatic hydroxyl groups is 1. The molecule has 0 heterocycles. The summed E-state index contributed by atoms with van der Waals surface area (Å²) in [5.41, 5.74) is 0.388. The van der Waals surface area contributed by atoms with Gasteiger partial charge in [0, 0.05) is 12.1 Å². The third-order valence-corrected chi connectivity index (χ3v) is 1.60. The van der Waals surface area contributed by atoms with E-state index in [0.29, 0.717) is 5.56 Å². The van der Waals surface area contributed by atoms with Crippen LogP contribution in [0.25, 0.3) is 0 Å². The molecule has 0 aliphatic rings. The van der Waals surface area contributed by atoms with Crippen molar-refractivity contribution in [3.63, 3.8) is 0 Å². The monoisotopic (exact) mass is 178 g/mol. The lowest BCUT2D eigenvalue weighted by molar-refractivity contribution is -0.384. The maximum Gasteiger partial charge on any atom is 0.270 e. The first-order valence-electron chi connectivity index (χ1n) is 3.47. The van der Waals surface area contributed by atoms with Crippen molar-refractivity contribution < 1.29 is 10.0 Å². The molecule has 0 aliphatic carbocycles. The molecule has 0 spiro atoms. The van der Waals surface area contributed by atoms with Crippen LogP contribution in [0.1, 0.15) is 11.1 Å². The number of nitro benzene ring substituents is 1. The van der Waals surface area contributed by atoms with E-state index in [1.165, 1.54) is 12.1 Å². The summed E-state index contributed by atoms with van der Waals surface area (Å²) in [6.45, 7) is -0.291. The Labute approximate surface area is 74.0 Å². The normalized spacial score (nSPS) is 9.23. The Hall–Kier alpha value is -1.93. The van der Waals surface area contributed by atoms with Crippen molar-refractivity contribution >= 4 is 5.69 Å². The molecule has 66 valence electrons. The molecule has 0 fully saturated rings. The van der Waals surface area contributed by atoms with Crippen molar-refractivity contribution in [3.05, 3.63) is 39.4 Å². The molecule has 0 amide bonds. The highest BCUT2D eigenvalue weighted by Gasteiger charge is 2.09. The topological polar surface area (TPSA) is 87.2 Å². The number of aliphatic hydroxyl groups excluding tert-OH is 1. The highest BCUT2D eigenvalue weighted by atomic mass is 16.6. The molecule has 0 saturated heterocycles. The number of non-ortho nitro benzene ring substituents is 1. The molecule has 5 nitrogen and oxygen atoms in total. The average Bonchev–Trinajstić information content (AvgIpc) is 2.16. The van der Waals surface area contributed by atoms with Gasteiger partial charge in [-0.15, -0.1) is 0 Å². The lowest BCUT2D eigenvalue weighted by atomic mass is 10.1. The molecule has 0 aromatic heterocycles. The zero-order chi connectivity index (χ0) is 9.84. The van der Waals surface area contributed by atoms with Crippen LogP contribution < -0.4 is 0 Å². The fraction of sp³-hybridized carbons (Fsp3) is 0.125. The highest BCUT2D eigenvalue weighted by molar-refractivity contribution is 5.45. The van der Waals surface area contributed by atoms with E-state index in [4.69, 9.17) is 10.4 Å². The maximum atomic E-state index is 10.3. The Morgan fingerprint density at radius 1 is 1.62 bits per heavy atom. The van der Waals surface area contributed by atoms with E-state index in [1.54, 1.807) is 6.07 Å². The second-order valence-corrected chi connectivity index (χ2v) is 2.37. The van der Waals surface area contributed by atoms with Gasteiger partial charge in [0.25, 0.3) is 5.69 Å². The molecule has 1 rings (SSSR count). The third-order valence-electron chi connectivity index (χ3n) is 1.60. The Morgan fingerprint density at radius 3 is 2.77 bits per heavy atom. The van der Waals surface area contributed by atoms with Gasteiger partial charge in [-0.3, -0.25) is 10.1 Å². The molecular weight excluding hydrogens is 172 g/mol. The van der Waals surface area contributed by atoms with Crippen molar-refractivity contribution in [2.24, 2.45) is 0 Å². The summed E-state index contributed by atoms with van der Waals surface area (Å²) in [6, 6.07) is 5.55. The van der Waals surface area contributed by atoms with E-state index < -0.39 is 4.92 Å². The molecule has 1 N–H and O–H groups in total. The number of hydrogen-bond acceptors (Lipinski definition) is 4. The molecule has 13 heavy (non-hydrogen) atoms. The van der Waals surface area contributed by atoms with Gasteiger partial charge in [-0.05, 0) is 11.6 Å². The fourth-order valence-corrected chi connectivity index (χ4v) is 0.920. The maximum absolute atomic E-state index is 10.3. The minimum atomic E-state index is -0.581. The first kappa shape index (κ1) is 9.16. The van der Waals surface area contributed by atoms with Crippen molar-refractivity contribution in [2.75, 3.05) is 0 Å². The number of rotatable bonds is 2. The second-order valence-electron chi connectivity index (χ2n) is 2.37. The molecule has 0 radical (unpaired) electrons. The first-order chi connectivity index (χ1) is 6.19. The summed E-state index contributed by atoms with van der Waals surface area (Å²) in [6.07, 6.45) is 0. The second kappa shape index (κ2) is 3.65. The standard InChI is InChI=1S/C8H6N2O3/c9-4-7-3-8(10(12)13)2-1-6(7)5-11/h1-3,11H,5H2. The summed E-state index contributed by atoms with van der Waals surface area (Å²) in [4.78, 5) is 9.72. The van der Waals surface area contributed by atoms with E-state index in [1.807, 2.05) is 0 Å². The Bertz CT molecular complexity index is 381. The van der Waals surface area contributed by atoms with Crippen LogP contribution in [-0.2, 0) is 6.61 Å². The highest BCUT2D eigenvalue weighted by Crippen LogP contribution is 2.16. The summed E-state index contributed by atoms with van der Waals surface area (Å²) < 4.78 is 0. The predicted molar refractivity (Wildman–Crippen MR) is 43.7 cm³/mol. The van der Waals surface area contributed by atoms with Crippen LogP contribution in [0.5, 0.6) is 0 Å². The largest absolute Gasteiger partial charge is 0.392 e. The van der Waals surface area contributed by atoms with E-state index in [9.17, 15) is 10.1 Å². The quantitative estimate of drug-likeness (QED) is 0.539. The van der Waals surface area contributed by atoms with Crippen LogP contribution in [0.2, 0.25) is 0 Å². The van der Waals surface area contributed by atoms with Crippen molar-refractivity contribution in [3.8, 4) is 6.07 Å². The van der Waals surface area contributed by atoms with Crippen LogP contribution in [-0.4, -0.2) is 10.0 Å². The van der Waals surface area contributed by atoms with Crippen LogP contribution in [0.15, 0.2) is 18.2 Å². The Morgan fingerprint density at radius 2 is 2.31 bits per heavy atom. The van der Waals surface area contributed by atoms with E-state index in [2.05, 4.69) is 0 Å². The van der Waals surface area contributed by atoms with Gasteiger partial charge in [0.1, 0.15) is 0 Å². The molecule has 1 aromatic rings. The summed E-state index contributed by atoms with van der Waals surface area (Å²) in [5.74, 6) is 0. The van der Waals surface area contributed by atoms with Gasteiger partial charge in [-0.2, -0.15) is 5.26 Å². The smallest absolute Gasteiger partial charge is 0.270 e. The lowest BCUT2D eigenvalue weighted by Gasteiger charge is -1.98. The van der Waals surface area contributed by atoms with Gasteiger partial charge in [0.15, 0.2) is 0 Å². The minimum absolute atomic E-state index is 0.136.